The molecule has 0 fully saturated rings. The molecule has 0 bridgehead atoms. The minimum atomic E-state index is -0.604. The maximum Gasteiger partial charge on any atom is 0.276 e. The molecule has 6 heteroatoms. The number of fused-ring (bicyclic) bond motifs is 1. The number of hydrogen-bond acceptors (Lipinski definition) is 5. The number of hydroxylamine groups is 1. The Morgan fingerprint density at radius 1 is 1.47 bits per heavy atom. The highest BCUT2D eigenvalue weighted by atomic mass is 16.5. The quantitative estimate of drug-likeness (QED) is 0.469. The molecule has 76 valence electrons. The summed E-state index contributed by atoms with van der Waals surface area (Å²) in [6.45, 7) is 0. The molecule has 3 N–H and O–H groups in total. The van der Waals surface area contributed by atoms with Crippen LogP contribution in [0.3, 0.4) is 0 Å². The van der Waals surface area contributed by atoms with Crippen LogP contribution in [0.2, 0.25) is 0 Å². The first-order chi connectivity index (χ1) is 7.33. The van der Waals surface area contributed by atoms with Crippen LogP contribution >= 0.6 is 0 Å². The van der Waals surface area contributed by atoms with E-state index in [1.54, 1.807) is 23.7 Å². The fraction of sp³-hybridized carbons (Fsp3) is 0. The van der Waals surface area contributed by atoms with Crippen LogP contribution in [0.4, 0.5) is 11.4 Å². The minimum absolute atomic E-state index is 0.282. The first kappa shape index (κ1) is 9.35. The Balaban J connectivity index is 2.54. The summed E-state index contributed by atoms with van der Waals surface area (Å²) in [6.07, 6.45) is 2.79. The van der Waals surface area contributed by atoms with Crippen molar-refractivity contribution in [1.82, 2.24) is 5.48 Å². The molecule has 1 amide bonds. The van der Waals surface area contributed by atoms with Gasteiger partial charge in [-0.1, -0.05) is 6.07 Å². The highest BCUT2D eigenvalue weighted by Gasteiger charge is 2.13. The predicted molar refractivity (Wildman–Crippen MR) is 56.0 cm³/mol. The molecular formula is C9H8N4O2. The fourth-order valence-corrected chi connectivity index (χ4v) is 1.27. The van der Waals surface area contributed by atoms with Crippen LogP contribution in [0.25, 0.3) is 0 Å². The van der Waals surface area contributed by atoms with Crippen molar-refractivity contribution >= 4 is 30.0 Å². The molecule has 0 saturated heterocycles. The first-order valence-corrected chi connectivity index (χ1v) is 4.21. The number of benzene rings is 1. The van der Waals surface area contributed by atoms with Crippen molar-refractivity contribution in [2.45, 2.75) is 0 Å². The van der Waals surface area contributed by atoms with Gasteiger partial charge in [-0.05, 0) is 12.1 Å². The highest BCUT2D eigenvalue weighted by Crippen LogP contribution is 2.29. The highest BCUT2D eigenvalue weighted by molar-refractivity contribution is 6.04. The Hall–Kier alpha value is -2.21. The van der Waals surface area contributed by atoms with Gasteiger partial charge in [-0.3, -0.25) is 10.0 Å². The number of nitrogens with zero attached hydrogens (tertiary/aromatic N) is 2. The molecule has 15 heavy (non-hydrogen) atoms. The van der Waals surface area contributed by atoms with Crippen LogP contribution < -0.4 is 10.8 Å². The number of hydrogen-bond donors (Lipinski definition) is 3. The van der Waals surface area contributed by atoms with Gasteiger partial charge in [-0.15, -0.1) is 0 Å². The van der Waals surface area contributed by atoms with Gasteiger partial charge < -0.3 is 5.32 Å². The van der Waals surface area contributed by atoms with Gasteiger partial charge in [0, 0.05) is 0 Å². The van der Waals surface area contributed by atoms with E-state index in [1.807, 2.05) is 0 Å². The summed E-state index contributed by atoms with van der Waals surface area (Å²) in [5.74, 6) is -0.604. The second-order valence-electron chi connectivity index (χ2n) is 2.81. The summed E-state index contributed by atoms with van der Waals surface area (Å²) >= 11 is 0. The third-order valence-corrected chi connectivity index (χ3v) is 1.93. The van der Waals surface area contributed by atoms with E-state index in [4.69, 9.17) is 5.21 Å². The summed E-state index contributed by atoms with van der Waals surface area (Å²) in [4.78, 5) is 19.1. The normalized spacial score (nSPS) is 12.6. The summed E-state index contributed by atoms with van der Waals surface area (Å²) in [6, 6.07) is 5.01. The molecule has 0 spiro atoms. The number of carbonyl (C=O) groups excluding carboxylic acids is 1. The number of aliphatic imine (C=N–C) groups is 2. The van der Waals surface area contributed by atoms with Crippen molar-refractivity contribution in [2.75, 3.05) is 5.32 Å². The number of para-hydroxylation sites is 1. The number of rotatable bonds is 1. The third kappa shape index (κ3) is 1.70. The number of nitrogens with one attached hydrogen (secondary N) is 2. The van der Waals surface area contributed by atoms with Crippen LogP contribution in [0.5, 0.6) is 0 Å². The molecule has 2 rings (SSSR count). The molecule has 1 aliphatic heterocycles. The van der Waals surface area contributed by atoms with Crippen molar-refractivity contribution < 1.29 is 10.0 Å². The zero-order valence-corrected chi connectivity index (χ0v) is 7.64. The minimum Gasteiger partial charge on any atom is -0.345 e. The lowest BCUT2D eigenvalue weighted by Gasteiger charge is -2.07. The molecular weight excluding hydrogens is 196 g/mol. The van der Waals surface area contributed by atoms with Gasteiger partial charge in [0.25, 0.3) is 5.91 Å². The van der Waals surface area contributed by atoms with Gasteiger partial charge in [-0.25, -0.2) is 15.5 Å². The van der Waals surface area contributed by atoms with Crippen LogP contribution in [-0.2, 0) is 0 Å². The molecule has 1 aliphatic rings. The smallest absolute Gasteiger partial charge is 0.276 e. The molecule has 0 unspecified atom stereocenters. The fourth-order valence-electron chi connectivity index (χ4n) is 1.27. The van der Waals surface area contributed by atoms with Gasteiger partial charge in [0.2, 0.25) is 0 Å². The van der Waals surface area contributed by atoms with Crippen LogP contribution in [0.15, 0.2) is 28.2 Å². The molecule has 0 aromatic heterocycles. The number of anilines is 1. The maximum atomic E-state index is 11.3. The lowest BCUT2D eigenvalue weighted by Crippen LogP contribution is -2.18. The van der Waals surface area contributed by atoms with E-state index in [1.165, 1.54) is 12.7 Å². The Morgan fingerprint density at radius 2 is 2.33 bits per heavy atom. The monoisotopic (exact) mass is 204 g/mol. The third-order valence-electron chi connectivity index (χ3n) is 1.93. The van der Waals surface area contributed by atoms with Gasteiger partial charge >= 0.3 is 0 Å². The van der Waals surface area contributed by atoms with E-state index in [2.05, 4.69) is 15.3 Å². The lowest BCUT2D eigenvalue weighted by molar-refractivity contribution is 0.0707. The lowest BCUT2D eigenvalue weighted by atomic mass is 10.1. The van der Waals surface area contributed by atoms with Gasteiger partial charge in [-0.2, -0.15) is 0 Å². The molecule has 0 saturated carbocycles. The molecule has 0 atom stereocenters. The zero-order chi connectivity index (χ0) is 10.7. The van der Waals surface area contributed by atoms with Crippen LogP contribution in [0, 0.1) is 0 Å². The van der Waals surface area contributed by atoms with E-state index in [9.17, 15) is 4.79 Å². The van der Waals surface area contributed by atoms with Crippen molar-refractivity contribution in [3.05, 3.63) is 23.8 Å². The standard InChI is InChI=1S/C9H8N4O2/c14-9(13-15)6-2-1-3-7-8(6)12-5-10-4-11-7/h1-5,15H,(H,13,14)(H,10,11,12). The second kappa shape index (κ2) is 3.89. The summed E-state index contributed by atoms with van der Waals surface area (Å²) < 4.78 is 0. The summed E-state index contributed by atoms with van der Waals surface area (Å²) in [7, 11) is 0. The Labute approximate surface area is 85.3 Å². The Bertz CT molecular complexity index is 453. The van der Waals surface area contributed by atoms with Crippen molar-refractivity contribution in [3.63, 3.8) is 0 Å². The molecule has 0 aliphatic carbocycles. The van der Waals surface area contributed by atoms with Gasteiger partial charge in [0.1, 0.15) is 12.0 Å². The van der Waals surface area contributed by atoms with E-state index < -0.39 is 5.91 Å². The number of amides is 1. The molecule has 1 heterocycles. The Morgan fingerprint density at radius 3 is 3.13 bits per heavy atom. The van der Waals surface area contributed by atoms with Crippen LogP contribution in [-0.4, -0.2) is 23.8 Å². The van der Waals surface area contributed by atoms with E-state index in [0.717, 1.165) is 0 Å². The zero-order valence-electron chi connectivity index (χ0n) is 7.64. The summed E-state index contributed by atoms with van der Waals surface area (Å²) in [5.41, 5.74) is 2.96. The Kier molecular flexibility index (Phi) is 2.42. The SMILES string of the molecule is O=C(NO)c1cccc2c1N=CN=CN2. The van der Waals surface area contributed by atoms with Gasteiger partial charge in [0.15, 0.2) is 0 Å². The van der Waals surface area contributed by atoms with E-state index in [-0.39, 0.29) is 5.56 Å². The van der Waals surface area contributed by atoms with Crippen molar-refractivity contribution in [3.8, 4) is 0 Å². The topological polar surface area (TPSA) is 86.1 Å². The molecule has 1 aromatic rings. The largest absolute Gasteiger partial charge is 0.345 e. The van der Waals surface area contributed by atoms with Crippen LogP contribution in [0.1, 0.15) is 10.4 Å². The van der Waals surface area contributed by atoms with E-state index in [0.29, 0.717) is 11.4 Å². The average molecular weight is 204 g/mol. The second-order valence-corrected chi connectivity index (χ2v) is 2.81. The van der Waals surface area contributed by atoms with Crippen molar-refractivity contribution in [2.24, 2.45) is 9.98 Å². The summed E-state index contributed by atoms with van der Waals surface area (Å²) in [5, 5.41) is 11.4. The van der Waals surface area contributed by atoms with Crippen molar-refractivity contribution in [1.29, 1.82) is 0 Å². The maximum absolute atomic E-state index is 11.3. The molecule has 1 aromatic carbocycles. The molecule has 6 nitrogen and oxygen atoms in total. The van der Waals surface area contributed by atoms with E-state index >= 15 is 0 Å². The number of carbonyl (C=O) groups is 1. The van der Waals surface area contributed by atoms with Gasteiger partial charge in [0.05, 0.1) is 17.6 Å². The average Bonchev–Trinajstić information content (AvgIpc) is 2.52. The predicted octanol–water partition coefficient (Wildman–Crippen LogP) is 0.919. The first-order valence-electron chi connectivity index (χ1n) is 4.21. The molecule has 0 radical (unpaired) electrons.